The number of piperidine rings is 2. The van der Waals surface area contributed by atoms with E-state index >= 15 is 0 Å². The van der Waals surface area contributed by atoms with E-state index in [2.05, 4.69) is 56.1 Å². The Bertz CT molecular complexity index is 3450. The fraction of sp³-hybridized carbons (Fsp3) is 0.382. The standard InChI is InChI=1S/C34H38Cl2N4O3.C27H34Cl2N4O2.C7H5ClO.2H2S/c1-24(41)38(2)23-34(27-13-14-29(35)30(36)22-27,39(3)32(43)25-9-5-4-6-10-25)17-20-40-18-15-33(16-19-40)28-12-8-7-11-26(28)21-31(42)37-33;1-19(34)32(3)18-27(30-2,21-8-9-23(28)24(29)17-21)12-15-33-13-10-26(11-14-33)22-7-5-4-6-20(22)16-25(35)31-26;8-7(9)6-4-2-1-3-5-6;;/h4-14,22H,15-21,23H2,1-3H3,(H,37,42);4-9,17,30H,10-16,18H2,1-3H3,(H,31,35);1-5H;2*1H2/t34-;27-;;;/m11.../s1. The Morgan fingerprint density at radius 3 is 1.37 bits per heavy atom. The molecule has 4 heterocycles. The third-order valence-electron chi connectivity index (χ3n) is 18.1. The van der Waals surface area contributed by atoms with Gasteiger partial charge in [-0.2, -0.15) is 27.0 Å². The van der Waals surface area contributed by atoms with Crippen molar-refractivity contribution in [1.82, 2.24) is 40.4 Å². The Labute approximate surface area is 563 Å². The maximum Gasteiger partial charge on any atom is 0.254 e. The molecule has 0 aliphatic carbocycles. The summed E-state index contributed by atoms with van der Waals surface area (Å²) < 4.78 is 0. The number of carbonyl (C=O) groups is 6. The minimum atomic E-state index is -0.900. The number of benzene rings is 6. The van der Waals surface area contributed by atoms with Crippen LogP contribution in [0, 0.1) is 0 Å². The number of hydrogen-bond acceptors (Lipinski definition) is 9. The van der Waals surface area contributed by atoms with Crippen molar-refractivity contribution in [3.05, 3.63) is 210 Å². The minimum Gasteiger partial charge on any atom is -0.346 e. The molecular formula is C68H81Cl5N8O6S2. The maximum absolute atomic E-state index is 14.0. The molecule has 2 atom stereocenters. The Hall–Kier alpha value is -5.63. The zero-order valence-corrected chi connectivity index (χ0v) is 57.0. The lowest BCUT2D eigenvalue weighted by atomic mass is 9.75. The summed E-state index contributed by atoms with van der Waals surface area (Å²) in [5.41, 5.74) is 5.63. The van der Waals surface area contributed by atoms with Gasteiger partial charge in [0, 0.05) is 98.5 Å². The highest BCUT2D eigenvalue weighted by Gasteiger charge is 2.46. The third kappa shape index (κ3) is 17.3. The molecule has 2 saturated heterocycles. The van der Waals surface area contributed by atoms with E-state index in [-0.39, 0.29) is 74.1 Å². The predicted octanol–water partition coefficient (Wildman–Crippen LogP) is 11.7. The van der Waals surface area contributed by atoms with Crippen LogP contribution in [0.15, 0.2) is 146 Å². The number of likely N-dealkylation sites (N-methyl/N-ethyl adjacent to an activating group) is 4. The number of nitrogens with one attached hydrogen (secondary N) is 3. The molecule has 0 unspecified atom stereocenters. The van der Waals surface area contributed by atoms with Crippen molar-refractivity contribution in [1.29, 1.82) is 0 Å². The van der Waals surface area contributed by atoms with Crippen LogP contribution >= 0.6 is 85.0 Å². The van der Waals surface area contributed by atoms with Gasteiger partial charge in [0.1, 0.15) is 0 Å². The Morgan fingerprint density at radius 2 is 0.944 bits per heavy atom. The molecule has 2 spiro atoms. The number of rotatable bonds is 16. The van der Waals surface area contributed by atoms with Gasteiger partial charge < -0.3 is 40.4 Å². The first-order chi connectivity index (χ1) is 41.5. The number of fused-ring (bicyclic) bond motifs is 4. The fourth-order valence-electron chi connectivity index (χ4n) is 12.8. The molecule has 5 amide bonds. The molecule has 2 fully saturated rings. The summed E-state index contributed by atoms with van der Waals surface area (Å²) in [5, 5.41) is 11.6. The van der Waals surface area contributed by atoms with E-state index in [0.29, 0.717) is 63.6 Å². The van der Waals surface area contributed by atoms with Crippen molar-refractivity contribution in [3.8, 4) is 0 Å². The van der Waals surface area contributed by atoms with Gasteiger partial charge in [0.25, 0.3) is 11.1 Å². The van der Waals surface area contributed by atoms with Crippen LogP contribution in [0.3, 0.4) is 0 Å². The number of halogens is 5. The van der Waals surface area contributed by atoms with Crippen molar-refractivity contribution in [2.75, 3.05) is 80.5 Å². The molecule has 3 N–H and O–H groups in total. The number of carbonyl (C=O) groups excluding carboxylic acids is 6. The van der Waals surface area contributed by atoms with Crippen LogP contribution in [0.25, 0.3) is 0 Å². The fourth-order valence-corrected chi connectivity index (χ4v) is 13.5. The molecule has 14 nitrogen and oxygen atoms in total. The monoisotopic (exact) mass is 1340 g/mol. The largest absolute Gasteiger partial charge is 0.346 e. The van der Waals surface area contributed by atoms with Crippen molar-refractivity contribution in [2.24, 2.45) is 0 Å². The summed E-state index contributed by atoms with van der Waals surface area (Å²) in [6.07, 6.45) is 5.55. The molecule has 4 aliphatic heterocycles. The smallest absolute Gasteiger partial charge is 0.254 e. The first-order valence-electron chi connectivity index (χ1n) is 29.4. The second kappa shape index (κ2) is 32.1. The van der Waals surface area contributed by atoms with Crippen molar-refractivity contribution < 1.29 is 28.8 Å². The van der Waals surface area contributed by atoms with Crippen molar-refractivity contribution in [2.45, 2.75) is 87.4 Å². The van der Waals surface area contributed by atoms with Gasteiger partial charge in [-0.1, -0.05) is 156 Å². The Balaban J connectivity index is 0.000000247. The van der Waals surface area contributed by atoms with Crippen LogP contribution in [0.5, 0.6) is 0 Å². The van der Waals surface area contributed by atoms with Crippen LogP contribution in [0.4, 0.5) is 0 Å². The second-order valence-corrected chi connectivity index (χ2v) is 25.3. The van der Waals surface area contributed by atoms with Gasteiger partial charge in [-0.15, -0.1) is 0 Å². The molecule has 4 aliphatic rings. The summed E-state index contributed by atoms with van der Waals surface area (Å²) in [6, 6.07) is 45.6. The molecule has 476 valence electrons. The molecule has 21 heteroatoms. The van der Waals surface area contributed by atoms with Gasteiger partial charge >= 0.3 is 0 Å². The molecule has 10 rings (SSSR count). The Morgan fingerprint density at radius 1 is 0.539 bits per heavy atom. The molecule has 0 radical (unpaired) electrons. The average Bonchev–Trinajstić information content (AvgIpc) is 1.13. The highest BCUT2D eigenvalue weighted by atomic mass is 35.5. The predicted molar refractivity (Wildman–Crippen MR) is 368 cm³/mol. The summed E-state index contributed by atoms with van der Waals surface area (Å²) in [7, 11) is 7.30. The third-order valence-corrected chi connectivity index (χ3v) is 19.8. The molecule has 6 aromatic rings. The number of hydrogen-bond donors (Lipinski definition) is 3. The van der Waals surface area contributed by atoms with E-state index in [0.717, 1.165) is 87.1 Å². The van der Waals surface area contributed by atoms with Gasteiger partial charge in [-0.05, 0) is 127 Å². The molecule has 0 aromatic heterocycles. The quantitative estimate of drug-likeness (QED) is 0.0803. The number of nitrogens with zero attached hydrogens (tertiary/aromatic N) is 5. The van der Waals surface area contributed by atoms with E-state index in [9.17, 15) is 28.8 Å². The van der Waals surface area contributed by atoms with E-state index in [1.165, 1.54) is 18.1 Å². The summed E-state index contributed by atoms with van der Waals surface area (Å²) in [4.78, 5) is 84.1. The number of likely N-dealkylation sites (tertiary alicyclic amines) is 2. The molecular weight excluding hydrogens is 1270 g/mol. The first kappa shape index (κ1) is 72.4. The maximum atomic E-state index is 14.0. The first-order valence-corrected chi connectivity index (χ1v) is 31.3. The highest BCUT2D eigenvalue weighted by Crippen LogP contribution is 2.42. The van der Waals surface area contributed by atoms with Gasteiger partial charge in [0.05, 0.1) is 55.1 Å². The summed E-state index contributed by atoms with van der Waals surface area (Å²) >= 11 is 30.6. The van der Waals surface area contributed by atoms with Crippen LogP contribution in [0.2, 0.25) is 20.1 Å². The second-order valence-electron chi connectivity index (χ2n) is 23.4. The topological polar surface area (TPSA) is 155 Å². The summed E-state index contributed by atoms with van der Waals surface area (Å²) in [5.74, 6) is -0.0620. The zero-order valence-electron chi connectivity index (χ0n) is 51.2. The van der Waals surface area contributed by atoms with E-state index < -0.39 is 16.3 Å². The van der Waals surface area contributed by atoms with Gasteiger partial charge in [0.2, 0.25) is 23.6 Å². The van der Waals surface area contributed by atoms with Crippen LogP contribution in [0.1, 0.15) is 106 Å². The average molecular weight is 1350 g/mol. The molecule has 0 bridgehead atoms. The normalized spacial score (nSPS) is 16.8. The van der Waals surface area contributed by atoms with Crippen LogP contribution < -0.4 is 16.0 Å². The minimum absolute atomic E-state index is 0. The summed E-state index contributed by atoms with van der Waals surface area (Å²) in [6.45, 7) is 8.75. The van der Waals surface area contributed by atoms with Gasteiger partial charge in [-0.3, -0.25) is 28.8 Å². The lowest BCUT2D eigenvalue weighted by Gasteiger charge is -2.48. The van der Waals surface area contributed by atoms with Crippen molar-refractivity contribution >= 4 is 120 Å². The number of amides is 5. The van der Waals surface area contributed by atoms with Crippen molar-refractivity contribution in [3.63, 3.8) is 0 Å². The van der Waals surface area contributed by atoms with Gasteiger partial charge in [0.15, 0.2) is 0 Å². The Kier molecular flexibility index (Phi) is 26.1. The SMILES string of the molecule is CC(=O)N(C)C[C@](CCN1CCC2(CC1)NC(=O)Cc1ccccc12)(c1ccc(Cl)c(Cl)c1)N(C)C(=O)c1ccccc1.CN[C@](CCN1CCC2(CC1)NC(=O)Cc1ccccc12)(CN(C)C(C)=O)c1ccc(Cl)c(Cl)c1.O=C(Cl)c1ccccc1.S.S. The molecule has 89 heavy (non-hydrogen) atoms. The van der Waals surface area contributed by atoms with Crippen LogP contribution in [-0.4, -0.2) is 140 Å². The van der Waals surface area contributed by atoms with E-state index in [1.54, 1.807) is 78.2 Å². The molecule has 6 aromatic carbocycles. The van der Waals surface area contributed by atoms with E-state index in [1.807, 2.05) is 86.9 Å². The lowest BCUT2D eigenvalue weighted by molar-refractivity contribution is -0.130. The van der Waals surface area contributed by atoms with Crippen LogP contribution in [-0.2, 0) is 54.2 Å². The lowest BCUT2D eigenvalue weighted by Crippen LogP contribution is -2.58. The molecule has 0 saturated carbocycles. The highest BCUT2D eigenvalue weighted by molar-refractivity contribution is 7.59. The zero-order chi connectivity index (χ0) is 62.7. The van der Waals surface area contributed by atoms with Gasteiger partial charge in [-0.25, -0.2) is 0 Å². The van der Waals surface area contributed by atoms with E-state index in [4.69, 9.17) is 58.0 Å².